The van der Waals surface area contributed by atoms with Gasteiger partial charge in [-0.25, -0.2) is 4.79 Å². The van der Waals surface area contributed by atoms with Gasteiger partial charge in [-0.1, -0.05) is 194 Å². The Balaban J connectivity index is -0.000000542. The van der Waals surface area contributed by atoms with Crippen molar-refractivity contribution in [1.29, 1.82) is 0 Å². The van der Waals surface area contributed by atoms with Crippen LogP contribution in [-0.2, 0) is 116 Å². The van der Waals surface area contributed by atoms with Crippen LogP contribution >= 0.6 is 31.3 Å². The number of likely N-dealkylation sites (N-methyl/N-ethyl adjacent to an activating group) is 2. The molecule has 0 spiro atoms. The second-order valence-electron chi connectivity index (χ2n) is 34.7. The van der Waals surface area contributed by atoms with Crippen LogP contribution in [0.15, 0.2) is 0 Å². The van der Waals surface area contributed by atoms with Crippen LogP contribution in [0.25, 0.3) is 0 Å². The summed E-state index contributed by atoms with van der Waals surface area (Å²) < 4.78 is 111. The minimum Gasteiger partial charge on any atom is -0.756 e. The molecule has 0 aliphatic heterocycles. The molecule has 37 nitrogen and oxygen atoms in total. The van der Waals surface area contributed by atoms with Crippen LogP contribution in [0.5, 0.6) is 0 Å². The number of amides is 2. The number of hydrogen-bond acceptors (Lipinski definition) is 33. The molecule has 0 aromatic carbocycles. The summed E-state index contributed by atoms with van der Waals surface area (Å²) in [7, 11) is -6.91. The van der Waals surface area contributed by atoms with Crippen LogP contribution in [-0.4, -0.2) is 249 Å². The van der Waals surface area contributed by atoms with Crippen LogP contribution in [0.4, 0.5) is 4.79 Å². The van der Waals surface area contributed by atoms with E-state index in [1.54, 1.807) is 34.6 Å². The zero-order chi connectivity index (χ0) is 96.9. The van der Waals surface area contributed by atoms with E-state index in [4.69, 9.17) is 47.5 Å². The molecule has 0 radical (unpaired) electrons. The largest absolute Gasteiger partial charge is 1.00 e. The molecule has 0 saturated heterocycles. The van der Waals surface area contributed by atoms with Gasteiger partial charge < -0.3 is 124 Å². The molecule has 0 fully saturated rings. The predicted octanol–water partition coefficient (Wildman–Crippen LogP) is 9.84. The van der Waals surface area contributed by atoms with E-state index in [0.29, 0.717) is 54.2 Å². The summed E-state index contributed by atoms with van der Waals surface area (Å²) in [6, 6.07) is 0. The van der Waals surface area contributed by atoms with E-state index in [-0.39, 0.29) is 138 Å². The number of alkyl carbamates (subject to hydrolysis) is 1. The van der Waals surface area contributed by atoms with Gasteiger partial charge in [0.1, 0.15) is 80.8 Å². The van der Waals surface area contributed by atoms with Crippen molar-refractivity contribution in [3.05, 3.63) is 0 Å². The molecule has 42 heteroatoms. The van der Waals surface area contributed by atoms with Gasteiger partial charge in [0, 0.05) is 71.9 Å². The van der Waals surface area contributed by atoms with Crippen molar-refractivity contribution in [2.75, 3.05) is 141 Å². The van der Waals surface area contributed by atoms with Crippen LogP contribution in [0.2, 0.25) is 0 Å². The van der Waals surface area contributed by atoms with Gasteiger partial charge >= 0.3 is 59.5 Å². The van der Waals surface area contributed by atoms with E-state index < -0.39 is 124 Å². The third kappa shape index (κ3) is 107. The van der Waals surface area contributed by atoms with Crippen LogP contribution < -0.4 is 59.8 Å². The van der Waals surface area contributed by atoms with E-state index in [0.717, 1.165) is 84.0 Å². The van der Waals surface area contributed by atoms with Gasteiger partial charge in [-0.3, -0.25) is 47.0 Å². The molecule has 0 aliphatic rings. The summed E-state index contributed by atoms with van der Waals surface area (Å²) in [5, 5.41) is 31.9. The van der Waals surface area contributed by atoms with Gasteiger partial charge in [0.25, 0.3) is 31.3 Å². The van der Waals surface area contributed by atoms with Crippen molar-refractivity contribution in [3.63, 3.8) is 0 Å². The maximum Gasteiger partial charge on any atom is 1.00 e. The Morgan fingerprint density at radius 3 is 1.02 bits per heavy atom. The van der Waals surface area contributed by atoms with Gasteiger partial charge in [-0.05, 0) is 79.6 Å². The number of nitrogens with zero attached hydrogens (tertiary/aromatic N) is 2. The van der Waals surface area contributed by atoms with Crippen LogP contribution in [0.1, 0.15) is 332 Å². The first kappa shape index (κ1) is 133. The number of ether oxygens (including phenoxy) is 5. The molecule has 0 bridgehead atoms. The minimum absolute atomic E-state index is 0. The summed E-state index contributed by atoms with van der Waals surface area (Å²) in [5.74, 6) is -2.02. The zero-order valence-corrected chi connectivity index (χ0v) is 86.5. The molecule has 4 unspecified atom stereocenters. The van der Waals surface area contributed by atoms with Gasteiger partial charge in [0.2, 0.25) is 5.91 Å². The standard InChI is InChI=1S/C27H50NO9P.C26H52NO9P.C25H48NO9P.C8H20NO6P.Na/c1-23(29)14-10-6-8-12-16-25(31)18-19-26(22-36-38(33,34)35-21-20-28(3,4)5)37-27(32)17-13-9-7-11-15-24(2)30;1-5-6-7-8-9-10-11-12-13-14-15-16-17-18-24(29)33-21-23(28)22-35-37(31,32)34-20-19-27-25(30)36-26(2,3)4;1-4-5-6-7-8-9-10-11-12-13-14-15-16-17-25(29)32-20-24(35-23(3)28)21-34-36(30,31)33-19-18-26-22(2)27;1-9(2,3)4-5-14-16(12,13)15-7-8(11)6-10;/h26H,6-22H2,1-5H3;23,28H,5-22H2,1-4H3,(H,27,30)(H,31,32);24H,4-21H2,1-3H3,(H,26,27)(H,30,31);8,10-11H,4-7H2,1-3H3;/q;;;;+1/p-2/t26-;23-;24-;8-;/m1111./s1. The van der Waals surface area contributed by atoms with Gasteiger partial charge in [0.05, 0.1) is 88.5 Å². The maximum absolute atomic E-state index is 12.3. The average molecular weight is 1930 g/mol. The molecule has 0 aliphatic carbocycles. The van der Waals surface area contributed by atoms with Gasteiger partial charge in [-0.2, -0.15) is 0 Å². The molecular formula is C86H168N4NaO33P4-. The first-order valence-corrected chi connectivity index (χ1v) is 51.7. The van der Waals surface area contributed by atoms with Crippen molar-refractivity contribution in [2.24, 2.45) is 0 Å². The zero-order valence-electron chi connectivity index (χ0n) is 80.9. The van der Waals surface area contributed by atoms with E-state index in [1.807, 2.05) is 42.3 Å². The molecule has 2 amide bonds. The third-order valence-electron chi connectivity index (χ3n) is 18.3. The van der Waals surface area contributed by atoms with Crippen molar-refractivity contribution in [1.82, 2.24) is 10.6 Å². The molecule has 8 atom stereocenters. The first-order valence-electron chi connectivity index (χ1n) is 45.9. The van der Waals surface area contributed by atoms with Crippen LogP contribution in [0, 0.1) is 0 Å². The molecular weight excluding hydrogens is 1760 g/mol. The fourth-order valence-corrected chi connectivity index (χ4v) is 14.1. The quantitative estimate of drug-likeness (QED) is 0.00943. The Kier molecular flexibility index (Phi) is 86.7. The Hall–Kier alpha value is -3.13. The van der Waals surface area contributed by atoms with E-state index >= 15 is 0 Å². The molecule has 128 heavy (non-hydrogen) atoms. The number of esters is 4. The smallest absolute Gasteiger partial charge is 0.756 e. The Labute approximate surface area is 788 Å². The van der Waals surface area contributed by atoms with Gasteiger partial charge in [0.15, 0.2) is 6.10 Å². The molecule has 0 heterocycles. The van der Waals surface area contributed by atoms with Crippen molar-refractivity contribution < 1.29 is 195 Å². The second kappa shape index (κ2) is 83.3. The number of rotatable bonds is 80. The number of nitrogens with one attached hydrogen (secondary N) is 2. The number of quaternary nitrogens is 2. The van der Waals surface area contributed by atoms with Crippen molar-refractivity contribution in [3.8, 4) is 0 Å². The molecule has 0 aromatic heterocycles. The minimum atomic E-state index is -4.68. The number of carbonyl (C=O) groups is 9. The number of aliphatic hydroxyl groups is 3. The number of Topliss-reactive ketones (excluding diaryl/α,β-unsaturated/α-hetero) is 3. The normalized spacial score (nSPS) is 14.3. The summed E-state index contributed by atoms with van der Waals surface area (Å²) in [6.45, 7) is 12.0. The molecule has 5 N–H and O–H groups in total. The van der Waals surface area contributed by atoms with E-state index in [9.17, 15) is 86.1 Å². The number of carbonyl (C=O) groups excluding carboxylic acids is 9. The second-order valence-corrected chi connectivity index (χ2v) is 40.4. The van der Waals surface area contributed by atoms with E-state index in [2.05, 4.69) is 47.1 Å². The van der Waals surface area contributed by atoms with E-state index in [1.165, 1.54) is 135 Å². The van der Waals surface area contributed by atoms with Crippen LogP contribution in [0.3, 0.4) is 0 Å². The number of hydrogen-bond donors (Lipinski definition) is 5. The molecule has 752 valence electrons. The SMILES string of the molecule is CC(=O)CCCCCCC(=O)CC[C@H](COP(=O)([O-])OCC[N+](C)(C)C)OC(=O)CCCCCCC(C)=O.CCCCCCCCCCCCCCCC(=O)OC[C@@H](O)COP(=O)([O-])OCCNC(=O)OC(C)(C)C.CCCCCCCCCCCCCCCC(=O)OC[C@H](COP(=O)([O-])OCCNC(C)=O)OC(C)=O.C[N+](C)(C)CCOP(=O)([O-])OC[C@H](O)CO.[Na+]. The van der Waals surface area contributed by atoms with Crippen molar-refractivity contribution in [2.45, 2.75) is 362 Å². The fourth-order valence-electron chi connectivity index (χ4n) is 11.2. The third-order valence-corrected chi connectivity index (χ3v) is 22.1. The first-order chi connectivity index (χ1) is 59.5. The van der Waals surface area contributed by atoms with Gasteiger partial charge in [-0.15, -0.1) is 0 Å². The Morgan fingerprint density at radius 1 is 0.367 bits per heavy atom. The maximum atomic E-state index is 12.3. The fraction of sp³-hybridized carbons (Fsp3) is 0.895. The predicted molar refractivity (Wildman–Crippen MR) is 475 cm³/mol. The number of ketones is 3. The molecule has 0 saturated carbocycles. The Morgan fingerprint density at radius 2 is 0.680 bits per heavy atom. The number of unbranched alkanes of at least 4 members (excludes halogenated alkanes) is 30. The number of phosphoric ester groups is 4. The summed E-state index contributed by atoms with van der Waals surface area (Å²) in [6.07, 6.45) is 35.1. The topological polar surface area (TPSA) is 519 Å². The summed E-state index contributed by atoms with van der Waals surface area (Å²) in [5.41, 5.74) is -0.673. The monoisotopic (exact) mass is 1930 g/mol. The molecule has 0 rings (SSSR count). The summed E-state index contributed by atoms with van der Waals surface area (Å²) in [4.78, 5) is 151. The Bertz CT molecular complexity index is 3060. The molecule has 0 aromatic rings. The number of aliphatic hydroxyl groups excluding tert-OH is 3. The van der Waals surface area contributed by atoms with Crippen molar-refractivity contribution >= 4 is 84.5 Å². The summed E-state index contributed by atoms with van der Waals surface area (Å²) >= 11 is 0. The average Bonchev–Trinajstić information content (AvgIpc) is 1.05. The number of phosphoric acid groups is 4.